The minimum atomic E-state index is -3.62. The molecule has 0 saturated carbocycles. The molecule has 1 aliphatic rings. The SMILES string of the molecule is CC1CC(C)CN(S(=O)(=O)c2ccc3nnn(OCc4cccc(C#N)c4)c3c2)C1. The van der Waals surface area contributed by atoms with Crippen LogP contribution in [0.2, 0.25) is 0 Å². The van der Waals surface area contributed by atoms with Crippen molar-refractivity contribution in [2.24, 2.45) is 11.8 Å². The van der Waals surface area contributed by atoms with Gasteiger partial charge in [-0.1, -0.05) is 30.8 Å². The van der Waals surface area contributed by atoms with Crippen molar-refractivity contribution in [1.29, 1.82) is 5.26 Å². The van der Waals surface area contributed by atoms with Crippen LogP contribution in [0.4, 0.5) is 0 Å². The molecule has 1 aromatic heterocycles. The van der Waals surface area contributed by atoms with Gasteiger partial charge in [-0.15, -0.1) is 5.10 Å². The Morgan fingerprint density at radius 2 is 1.93 bits per heavy atom. The summed E-state index contributed by atoms with van der Waals surface area (Å²) >= 11 is 0. The van der Waals surface area contributed by atoms with Gasteiger partial charge in [0.05, 0.1) is 16.5 Å². The molecule has 1 fully saturated rings. The molecule has 0 N–H and O–H groups in total. The van der Waals surface area contributed by atoms with Gasteiger partial charge in [0.2, 0.25) is 10.0 Å². The Kier molecular flexibility index (Phi) is 5.45. The number of nitrogens with zero attached hydrogens (tertiary/aromatic N) is 5. The summed E-state index contributed by atoms with van der Waals surface area (Å²) in [5.41, 5.74) is 2.36. The van der Waals surface area contributed by atoms with Crippen LogP contribution in [-0.2, 0) is 16.6 Å². The predicted octanol–water partition coefficient (Wildman–Crippen LogP) is 2.60. The Bertz CT molecular complexity index is 1200. The number of nitriles is 1. The van der Waals surface area contributed by atoms with Crippen molar-refractivity contribution in [3.8, 4) is 6.07 Å². The van der Waals surface area contributed by atoms with Crippen molar-refractivity contribution < 1.29 is 13.3 Å². The summed E-state index contributed by atoms with van der Waals surface area (Å²) in [5.74, 6) is 0.652. The van der Waals surface area contributed by atoms with Gasteiger partial charge in [-0.25, -0.2) is 8.42 Å². The molecule has 2 unspecified atom stereocenters. The van der Waals surface area contributed by atoms with Crippen LogP contribution in [0.5, 0.6) is 0 Å². The highest BCUT2D eigenvalue weighted by Gasteiger charge is 2.32. The highest BCUT2D eigenvalue weighted by atomic mass is 32.2. The third kappa shape index (κ3) is 4.01. The van der Waals surface area contributed by atoms with Gasteiger partial charge in [-0.3, -0.25) is 0 Å². The van der Waals surface area contributed by atoms with E-state index in [0.29, 0.717) is 41.5 Å². The van der Waals surface area contributed by atoms with E-state index in [0.717, 1.165) is 12.0 Å². The monoisotopic (exact) mass is 425 g/mol. The molecule has 0 amide bonds. The van der Waals surface area contributed by atoms with E-state index in [1.54, 1.807) is 40.7 Å². The van der Waals surface area contributed by atoms with E-state index in [1.165, 1.54) is 4.85 Å². The zero-order valence-corrected chi connectivity index (χ0v) is 17.7. The molecule has 30 heavy (non-hydrogen) atoms. The van der Waals surface area contributed by atoms with E-state index in [4.69, 9.17) is 10.1 Å². The fourth-order valence-electron chi connectivity index (χ4n) is 3.95. The molecule has 9 heteroatoms. The average molecular weight is 426 g/mol. The van der Waals surface area contributed by atoms with Crippen LogP contribution in [0.3, 0.4) is 0 Å². The fraction of sp³-hybridized carbons (Fsp3) is 0.381. The number of hydrogen-bond donors (Lipinski definition) is 0. The largest absolute Gasteiger partial charge is 0.390 e. The summed E-state index contributed by atoms with van der Waals surface area (Å²) in [6, 6.07) is 13.9. The first-order valence-electron chi connectivity index (χ1n) is 9.85. The van der Waals surface area contributed by atoms with Gasteiger partial charge >= 0.3 is 0 Å². The van der Waals surface area contributed by atoms with Gasteiger partial charge in [0.15, 0.2) is 0 Å². The Labute approximate surface area is 175 Å². The van der Waals surface area contributed by atoms with Crippen LogP contribution in [0, 0.1) is 23.2 Å². The van der Waals surface area contributed by atoms with Crippen LogP contribution in [-0.4, -0.2) is 41.0 Å². The van der Waals surface area contributed by atoms with Crippen molar-refractivity contribution in [2.75, 3.05) is 13.1 Å². The number of sulfonamides is 1. The van der Waals surface area contributed by atoms with Crippen molar-refractivity contribution >= 4 is 21.1 Å². The normalized spacial score (nSPS) is 20.2. The van der Waals surface area contributed by atoms with E-state index in [-0.39, 0.29) is 11.5 Å². The first kappa shape index (κ1) is 20.3. The Morgan fingerprint density at radius 1 is 1.17 bits per heavy atom. The summed E-state index contributed by atoms with van der Waals surface area (Å²) in [6.07, 6.45) is 1.03. The fourth-order valence-corrected chi connectivity index (χ4v) is 5.65. The van der Waals surface area contributed by atoms with Crippen molar-refractivity contribution in [3.63, 3.8) is 0 Å². The van der Waals surface area contributed by atoms with Crippen LogP contribution >= 0.6 is 0 Å². The van der Waals surface area contributed by atoms with Gasteiger partial charge < -0.3 is 4.84 Å². The summed E-state index contributed by atoms with van der Waals surface area (Å²) in [7, 11) is -3.62. The van der Waals surface area contributed by atoms with Gasteiger partial charge in [0.25, 0.3) is 0 Å². The van der Waals surface area contributed by atoms with E-state index in [2.05, 4.69) is 30.2 Å². The van der Waals surface area contributed by atoms with Crippen molar-refractivity contribution in [1.82, 2.24) is 19.5 Å². The zero-order chi connectivity index (χ0) is 21.3. The van der Waals surface area contributed by atoms with Gasteiger partial charge in [-0.05, 0) is 59.4 Å². The van der Waals surface area contributed by atoms with Gasteiger partial charge in [-0.2, -0.15) is 9.57 Å². The summed E-state index contributed by atoms with van der Waals surface area (Å²) in [4.78, 5) is 7.15. The third-order valence-electron chi connectivity index (χ3n) is 5.27. The number of rotatable bonds is 5. The molecule has 4 rings (SSSR count). The standard InChI is InChI=1S/C21H23N5O3S/c1-15-8-16(2)13-25(12-15)30(27,28)19-6-7-20-21(10-19)26(24-23-20)29-14-18-5-3-4-17(9-18)11-22/h3-7,9-10,15-16H,8,12-14H2,1-2H3. The molecule has 0 aliphatic carbocycles. The molecule has 3 aromatic rings. The lowest BCUT2D eigenvalue weighted by molar-refractivity contribution is 0.0751. The van der Waals surface area contributed by atoms with Crippen molar-refractivity contribution in [3.05, 3.63) is 53.6 Å². The number of benzene rings is 2. The second kappa shape index (κ2) is 8.05. The highest BCUT2D eigenvalue weighted by Crippen LogP contribution is 2.27. The van der Waals surface area contributed by atoms with Crippen LogP contribution in [0.25, 0.3) is 11.0 Å². The first-order valence-corrected chi connectivity index (χ1v) is 11.3. The molecule has 8 nitrogen and oxygen atoms in total. The smallest absolute Gasteiger partial charge is 0.243 e. The Morgan fingerprint density at radius 3 is 2.67 bits per heavy atom. The maximum atomic E-state index is 13.2. The zero-order valence-electron chi connectivity index (χ0n) is 16.9. The number of fused-ring (bicyclic) bond motifs is 1. The lowest BCUT2D eigenvalue weighted by atomic mass is 9.94. The van der Waals surface area contributed by atoms with Gasteiger partial charge in [0.1, 0.15) is 17.6 Å². The average Bonchev–Trinajstić information content (AvgIpc) is 3.14. The Hall–Kier alpha value is -2.96. The molecule has 0 radical (unpaired) electrons. The molecule has 2 atom stereocenters. The van der Waals surface area contributed by atoms with Gasteiger partial charge in [0, 0.05) is 13.1 Å². The minimum Gasteiger partial charge on any atom is -0.390 e. The second-order valence-electron chi connectivity index (χ2n) is 7.97. The molecule has 156 valence electrons. The number of piperidine rings is 1. The molecule has 0 spiro atoms. The van der Waals surface area contributed by atoms with E-state index in [9.17, 15) is 8.42 Å². The summed E-state index contributed by atoms with van der Waals surface area (Å²) < 4.78 is 28.0. The predicted molar refractivity (Wildman–Crippen MR) is 111 cm³/mol. The van der Waals surface area contributed by atoms with Crippen LogP contribution in [0.15, 0.2) is 47.4 Å². The number of aromatic nitrogens is 3. The molecule has 2 heterocycles. The molecule has 2 aromatic carbocycles. The van der Waals surface area contributed by atoms with E-state index < -0.39 is 10.0 Å². The second-order valence-corrected chi connectivity index (χ2v) is 9.90. The molecular formula is C21H23N5O3S. The molecule has 1 saturated heterocycles. The maximum absolute atomic E-state index is 13.2. The third-order valence-corrected chi connectivity index (χ3v) is 7.10. The lowest BCUT2D eigenvalue weighted by Gasteiger charge is -2.34. The summed E-state index contributed by atoms with van der Waals surface area (Å²) in [6.45, 7) is 5.37. The molecule has 1 aliphatic heterocycles. The van der Waals surface area contributed by atoms with E-state index in [1.807, 2.05) is 6.07 Å². The molecular weight excluding hydrogens is 402 g/mol. The first-order chi connectivity index (χ1) is 14.4. The lowest BCUT2D eigenvalue weighted by Crippen LogP contribution is -2.42. The number of hydrogen-bond acceptors (Lipinski definition) is 6. The summed E-state index contributed by atoms with van der Waals surface area (Å²) in [5, 5.41) is 17.1. The maximum Gasteiger partial charge on any atom is 0.243 e. The minimum absolute atomic E-state index is 0.173. The van der Waals surface area contributed by atoms with Crippen LogP contribution in [0.1, 0.15) is 31.4 Å². The van der Waals surface area contributed by atoms with E-state index >= 15 is 0 Å². The van der Waals surface area contributed by atoms with Crippen molar-refractivity contribution in [2.45, 2.75) is 31.8 Å². The quantitative estimate of drug-likeness (QED) is 0.623. The van der Waals surface area contributed by atoms with Crippen LogP contribution < -0.4 is 4.84 Å². The topological polar surface area (TPSA) is 101 Å². The Balaban J connectivity index is 1.60. The molecule has 0 bridgehead atoms. The highest BCUT2D eigenvalue weighted by molar-refractivity contribution is 7.89.